The number of halogens is 2. The van der Waals surface area contributed by atoms with Gasteiger partial charge < -0.3 is 0 Å². The number of nitrogens with zero attached hydrogens (tertiary/aromatic N) is 1. The van der Waals surface area contributed by atoms with Gasteiger partial charge in [0.1, 0.15) is 0 Å². The fraction of sp³-hybridized carbons (Fsp3) is 0.200. The Bertz CT molecular complexity index is 606. The van der Waals surface area contributed by atoms with Crippen LogP contribution < -0.4 is 0 Å². The summed E-state index contributed by atoms with van der Waals surface area (Å²) in [6.07, 6.45) is 0.597. The normalized spacial score (nSPS) is 12.2. The lowest BCUT2D eigenvalue weighted by Crippen LogP contribution is -1.97. The summed E-state index contributed by atoms with van der Waals surface area (Å²) in [4.78, 5) is 10.2. The maximum atomic E-state index is 10.6. The van der Waals surface area contributed by atoms with E-state index in [0.717, 1.165) is 16.7 Å². The average molecular weight is 310 g/mol. The molecule has 1 unspecified atom stereocenters. The van der Waals surface area contributed by atoms with Crippen molar-refractivity contribution >= 4 is 28.9 Å². The molecule has 0 N–H and O–H groups in total. The molecule has 0 saturated heterocycles. The Morgan fingerprint density at radius 2 is 1.85 bits per heavy atom. The molecule has 0 aromatic heterocycles. The van der Waals surface area contributed by atoms with Gasteiger partial charge in [-0.25, -0.2) is 0 Å². The SMILES string of the molecule is Cc1cc(Cl)cc(C(Cl)Cc2ccc([N+](=O)[O-])cc2)c1. The van der Waals surface area contributed by atoms with E-state index >= 15 is 0 Å². The van der Waals surface area contributed by atoms with E-state index in [0.29, 0.717) is 11.4 Å². The third kappa shape index (κ3) is 3.71. The maximum Gasteiger partial charge on any atom is 0.269 e. The van der Waals surface area contributed by atoms with Gasteiger partial charge in [0.05, 0.1) is 10.3 Å². The van der Waals surface area contributed by atoms with E-state index in [1.54, 1.807) is 12.1 Å². The van der Waals surface area contributed by atoms with Crippen molar-refractivity contribution in [3.05, 3.63) is 74.3 Å². The van der Waals surface area contributed by atoms with Gasteiger partial charge in [0.25, 0.3) is 5.69 Å². The highest BCUT2D eigenvalue weighted by Crippen LogP contribution is 2.28. The summed E-state index contributed by atoms with van der Waals surface area (Å²) in [5, 5.41) is 11.0. The molecule has 20 heavy (non-hydrogen) atoms. The van der Waals surface area contributed by atoms with Crippen LogP contribution in [0.15, 0.2) is 42.5 Å². The second-order valence-corrected chi connectivity index (χ2v) is 5.62. The zero-order valence-electron chi connectivity index (χ0n) is 10.8. The molecule has 0 saturated carbocycles. The van der Waals surface area contributed by atoms with Crippen LogP contribution in [0, 0.1) is 17.0 Å². The molecular weight excluding hydrogens is 297 g/mol. The summed E-state index contributed by atoms with van der Waals surface area (Å²) >= 11 is 12.4. The third-order valence-electron chi connectivity index (χ3n) is 2.99. The molecule has 5 heteroatoms. The average Bonchev–Trinajstić information content (AvgIpc) is 2.38. The monoisotopic (exact) mass is 309 g/mol. The molecule has 2 aromatic carbocycles. The number of hydrogen-bond donors (Lipinski definition) is 0. The van der Waals surface area contributed by atoms with Gasteiger partial charge in [-0.2, -0.15) is 0 Å². The van der Waals surface area contributed by atoms with Gasteiger partial charge in [0.15, 0.2) is 0 Å². The Balaban J connectivity index is 2.14. The fourth-order valence-corrected chi connectivity index (χ4v) is 2.63. The van der Waals surface area contributed by atoms with E-state index in [4.69, 9.17) is 23.2 Å². The Hall–Kier alpha value is -1.58. The number of benzene rings is 2. The van der Waals surface area contributed by atoms with E-state index in [2.05, 4.69) is 0 Å². The van der Waals surface area contributed by atoms with Gasteiger partial charge in [-0.3, -0.25) is 10.1 Å². The topological polar surface area (TPSA) is 43.1 Å². The molecule has 0 aliphatic heterocycles. The lowest BCUT2D eigenvalue weighted by Gasteiger charge is -2.11. The summed E-state index contributed by atoms with van der Waals surface area (Å²) in [5.41, 5.74) is 3.04. The number of nitro groups is 1. The quantitative estimate of drug-likeness (QED) is 0.449. The highest BCUT2D eigenvalue weighted by molar-refractivity contribution is 6.30. The first-order valence-corrected chi connectivity index (χ1v) is 6.91. The molecule has 2 aromatic rings. The Morgan fingerprint density at radius 1 is 1.20 bits per heavy atom. The minimum absolute atomic E-state index is 0.0819. The summed E-state index contributed by atoms with van der Waals surface area (Å²) in [6.45, 7) is 1.96. The summed E-state index contributed by atoms with van der Waals surface area (Å²) in [7, 11) is 0. The molecule has 0 spiro atoms. The van der Waals surface area contributed by atoms with Crippen LogP contribution in [-0.2, 0) is 6.42 Å². The van der Waals surface area contributed by atoms with Gasteiger partial charge in [-0.1, -0.05) is 29.8 Å². The minimum atomic E-state index is -0.414. The zero-order valence-corrected chi connectivity index (χ0v) is 12.4. The highest BCUT2D eigenvalue weighted by atomic mass is 35.5. The first kappa shape index (κ1) is 14.8. The van der Waals surface area contributed by atoms with Gasteiger partial charge in [-0.05, 0) is 42.2 Å². The van der Waals surface area contributed by atoms with Crippen LogP contribution in [0.1, 0.15) is 22.1 Å². The van der Waals surface area contributed by atoms with E-state index in [1.165, 1.54) is 12.1 Å². The lowest BCUT2D eigenvalue weighted by molar-refractivity contribution is -0.384. The van der Waals surface area contributed by atoms with Crippen LogP contribution in [0.4, 0.5) is 5.69 Å². The molecule has 0 bridgehead atoms. The summed E-state index contributed by atoms with van der Waals surface area (Å²) < 4.78 is 0. The van der Waals surface area contributed by atoms with Crippen molar-refractivity contribution in [2.75, 3.05) is 0 Å². The Kier molecular flexibility index (Phi) is 4.63. The zero-order chi connectivity index (χ0) is 14.7. The first-order chi connectivity index (χ1) is 9.45. The number of hydrogen-bond acceptors (Lipinski definition) is 2. The highest BCUT2D eigenvalue weighted by Gasteiger charge is 2.11. The molecule has 0 radical (unpaired) electrons. The molecule has 3 nitrogen and oxygen atoms in total. The van der Waals surface area contributed by atoms with E-state index < -0.39 is 4.92 Å². The molecule has 104 valence electrons. The van der Waals surface area contributed by atoms with Crippen molar-refractivity contribution in [3.8, 4) is 0 Å². The van der Waals surface area contributed by atoms with Gasteiger partial charge in [-0.15, -0.1) is 11.6 Å². The number of nitro benzene ring substituents is 1. The lowest BCUT2D eigenvalue weighted by atomic mass is 10.0. The third-order valence-corrected chi connectivity index (χ3v) is 3.61. The van der Waals surface area contributed by atoms with E-state index in [1.807, 2.05) is 25.1 Å². The molecule has 1 atom stereocenters. The predicted octanol–water partition coefficient (Wildman–Crippen LogP) is 5.08. The maximum absolute atomic E-state index is 10.6. The van der Waals surface area contributed by atoms with Crippen molar-refractivity contribution in [1.82, 2.24) is 0 Å². The fourth-order valence-electron chi connectivity index (χ4n) is 2.02. The van der Waals surface area contributed by atoms with Crippen molar-refractivity contribution < 1.29 is 4.92 Å². The molecule has 0 amide bonds. The molecular formula is C15H13Cl2NO2. The summed E-state index contributed by atoms with van der Waals surface area (Å²) in [5.74, 6) is 0. The van der Waals surface area contributed by atoms with Gasteiger partial charge in [0.2, 0.25) is 0 Å². The Labute approximate surface area is 127 Å². The number of rotatable bonds is 4. The van der Waals surface area contributed by atoms with Crippen molar-refractivity contribution in [2.45, 2.75) is 18.7 Å². The standard InChI is InChI=1S/C15H13Cl2NO2/c1-10-6-12(9-13(16)7-10)15(17)8-11-2-4-14(5-3-11)18(19)20/h2-7,9,15H,8H2,1H3. The summed E-state index contributed by atoms with van der Waals surface area (Å²) in [6, 6.07) is 12.1. The molecule has 0 aliphatic carbocycles. The van der Waals surface area contributed by atoms with Gasteiger partial charge in [0, 0.05) is 17.2 Å². The largest absolute Gasteiger partial charge is 0.269 e. The number of aryl methyl sites for hydroxylation is 1. The number of alkyl halides is 1. The smallest absolute Gasteiger partial charge is 0.258 e. The predicted molar refractivity (Wildman–Crippen MR) is 81.6 cm³/mol. The number of non-ortho nitro benzene ring substituents is 1. The van der Waals surface area contributed by atoms with Crippen molar-refractivity contribution in [2.24, 2.45) is 0 Å². The van der Waals surface area contributed by atoms with Crippen LogP contribution in [0.3, 0.4) is 0 Å². The van der Waals surface area contributed by atoms with Crippen LogP contribution in [-0.4, -0.2) is 4.92 Å². The second kappa shape index (κ2) is 6.25. The van der Waals surface area contributed by atoms with Gasteiger partial charge >= 0.3 is 0 Å². The molecule has 0 heterocycles. The molecule has 0 fully saturated rings. The van der Waals surface area contributed by atoms with Crippen LogP contribution in [0.5, 0.6) is 0 Å². The second-order valence-electron chi connectivity index (χ2n) is 4.66. The van der Waals surface area contributed by atoms with E-state index in [-0.39, 0.29) is 11.1 Å². The minimum Gasteiger partial charge on any atom is -0.258 e. The van der Waals surface area contributed by atoms with Crippen LogP contribution in [0.25, 0.3) is 0 Å². The van der Waals surface area contributed by atoms with Crippen molar-refractivity contribution in [1.29, 1.82) is 0 Å². The molecule has 0 aliphatic rings. The first-order valence-electron chi connectivity index (χ1n) is 6.10. The van der Waals surface area contributed by atoms with Crippen LogP contribution >= 0.6 is 23.2 Å². The molecule has 2 rings (SSSR count). The van der Waals surface area contributed by atoms with Crippen molar-refractivity contribution in [3.63, 3.8) is 0 Å². The van der Waals surface area contributed by atoms with Crippen LogP contribution in [0.2, 0.25) is 5.02 Å². The van der Waals surface area contributed by atoms with E-state index in [9.17, 15) is 10.1 Å². The Morgan fingerprint density at radius 3 is 2.40 bits per heavy atom.